The van der Waals surface area contributed by atoms with Crippen LogP contribution in [-0.2, 0) is 0 Å². The maximum absolute atomic E-state index is 12.3. The summed E-state index contributed by atoms with van der Waals surface area (Å²) in [4.78, 5) is 7.53. The van der Waals surface area contributed by atoms with Crippen molar-refractivity contribution < 1.29 is 17.9 Å². The van der Waals surface area contributed by atoms with E-state index in [0.29, 0.717) is 0 Å². The van der Waals surface area contributed by atoms with Crippen LogP contribution >= 0.6 is 0 Å². The van der Waals surface area contributed by atoms with E-state index >= 15 is 0 Å². The summed E-state index contributed by atoms with van der Waals surface area (Å²) in [5.74, 6) is -0.443. The number of nitrogen functional groups attached to an aromatic ring is 2. The van der Waals surface area contributed by atoms with E-state index in [0.717, 1.165) is 0 Å². The molecule has 2 aromatic rings. The number of nitrogens with zero attached hydrogens (tertiary/aromatic N) is 3. The first-order valence-electron chi connectivity index (χ1n) is 5.94. The summed E-state index contributed by atoms with van der Waals surface area (Å²) < 4.78 is 41.7. The van der Waals surface area contributed by atoms with Crippen LogP contribution in [0.2, 0.25) is 0 Å². The molecule has 4 N–H and O–H groups in total. The number of ether oxygens (including phenoxy) is 1. The van der Waals surface area contributed by atoms with Crippen molar-refractivity contribution in [1.82, 2.24) is 9.97 Å². The molecule has 0 radical (unpaired) electrons. The SMILES string of the molecule is N#Cc1c(N)nc(N)nc1-c1ccccc1OCC(F)(F)F. The average Bonchev–Trinajstić information content (AvgIpc) is 2.44. The summed E-state index contributed by atoms with van der Waals surface area (Å²) in [5, 5.41) is 9.13. The Morgan fingerprint density at radius 3 is 2.50 bits per heavy atom. The smallest absolute Gasteiger partial charge is 0.422 e. The summed E-state index contributed by atoms with van der Waals surface area (Å²) in [6, 6.07) is 7.64. The highest BCUT2D eigenvalue weighted by molar-refractivity contribution is 5.77. The lowest BCUT2D eigenvalue weighted by atomic mass is 10.1. The van der Waals surface area contributed by atoms with E-state index in [4.69, 9.17) is 21.5 Å². The second kappa shape index (κ2) is 5.77. The zero-order valence-electron chi connectivity index (χ0n) is 11.1. The molecule has 0 aliphatic rings. The Hall–Kier alpha value is -3.02. The first-order chi connectivity index (χ1) is 10.3. The van der Waals surface area contributed by atoms with E-state index in [1.165, 1.54) is 18.2 Å². The van der Waals surface area contributed by atoms with Crippen LogP contribution in [-0.4, -0.2) is 22.8 Å². The molecule has 0 atom stereocenters. The van der Waals surface area contributed by atoms with Crippen LogP contribution in [0.4, 0.5) is 24.9 Å². The van der Waals surface area contributed by atoms with E-state index in [-0.39, 0.29) is 34.3 Å². The van der Waals surface area contributed by atoms with Gasteiger partial charge in [0.1, 0.15) is 23.2 Å². The Morgan fingerprint density at radius 1 is 1.18 bits per heavy atom. The fourth-order valence-corrected chi connectivity index (χ4v) is 1.75. The number of hydrogen-bond donors (Lipinski definition) is 2. The molecule has 0 amide bonds. The van der Waals surface area contributed by atoms with Gasteiger partial charge < -0.3 is 16.2 Å². The molecule has 0 saturated carbocycles. The van der Waals surface area contributed by atoms with Gasteiger partial charge in [0.25, 0.3) is 0 Å². The molecule has 0 fully saturated rings. The minimum Gasteiger partial charge on any atom is -0.483 e. The fourth-order valence-electron chi connectivity index (χ4n) is 1.75. The third-order valence-electron chi connectivity index (χ3n) is 2.60. The monoisotopic (exact) mass is 309 g/mol. The Bertz CT molecular complexity index is 739. The van der Waals surface area contributed by atoms with E-state index < -0.39 is 12.8 Å². The molecule has 9 heteroatoms. The Kier molecular flexibility index (Phi) is 4.03. The van der Waals surface area contributed by atoms with Crippen molar-refractivity contribution in [3.63, 3.8) is 0 Å². The van der Waals surface area contributed by atoms with Gasteiger partial charge in [-0.2, -0.15) is 23.4 Å². The third kappa shape index (κ3) is 3.35. The van der Waals surface area contributed by atoms with Crippen molar-refractivity contribution in [1.29, 1.82) is 5.26 Å². The standard InChI is InChI=1S/C13H10F3N5O/c14-13(15,16)6-22-9-4-2-1-3-7(9)10-8(5-17)11(18)21-12(19)20-10/h1-4H,6H2,(H4,18,19,20,21). The van der Waals surface area contributed by atoms with Crippen LogP contribution < -0.4 is 16.2 Å². The molecule has 1 heterocycles. The largest absolute Gasteiger partial charge is 0.483 e. The number of halogens is 3. The highest BCUT2D eigenvalue weighted by Crippen LogP contribution is 2.33. The molecule has 0 bridgehead atoms. The van der Waals surface area contributed by atoms with Crippen molar-refractivity contribution in [3.05, 3.63) is 29.8 Å². The molecule has 2 rings (SSSR count). The zero-order valence-corrected chi connectivity index (χ0v) is 11.1. The van der Waals surface area contributed by atoms with Gasteiger partial charge in [0.15, 0.2) is 6.61 Å². The number of nitrogens with two attached hydrogens (primary N) is 2. The number of hydrogen-bond acceptors (Lipinski definition) is 6. The van der Waals surface area contributed by atoms with Gasteiger partial charge in [-0.3, -0.25) is 0 Å². The minimum absolute atomic E-state index is 0.0188. The van der Waals surface area contributed by atoms with Gasteiger partial charge in [0, 0.05) is 5.56 Å². The number of rotatable bonds is 3. The van der Waals surface area contributed by atoms with E-state index in [1.807, 2.05) is 0 Å². The molecule has 1 aromatic carbocycles. The lowest BCUT2D eigenvalue weighted by Crippen LogP contribution is -2.19. The highest BCUT2D eigenvalue weighted by Gasteiger charge is 2.29. The fraction of sp³-hybridized carbons (Fsp3) is 0.154. The van der Waals surface area contributed by atoms with Gasteiger partial charge >= 0.3 is 6.18 Å². The molecule has 0 aliphatic heterocycles. The maximum atomic E-state index is 12.3. The lowest BCUT2D eigenvalue weighted by molar-refractivity contribution is -0.153. The van der Waals surface area contributed by atoms with Crippen molar-refractivity contribution in [3.8, 4) is 23.1 Å². The molecule has 0 saturated heterocycles. The second-order valence-corrected chi connectivity index (χ2v) is 4.20. The molecule has 0 spiro atoms. The third-order valence-corrected chi connectivity index (χ3v) is 2.60. The van der Waals surface area contributed by atoms with Crippen LogP contribution in [0, 0.1) is 11.3 Å². The van der Waals surface area contributed by atoms with Crippen LogP contribution in [0.1, 0.15) is 5.56 Å². The number of aromatic nitrogens is 2. The molecular weight excluding hydrogens is 299 g/mol. The summed E-state index contributed by atoms with van der Waals surface area (Å²) in [6.45, 7) is -1.47. The molecule has 114 valence electrons. The first kappa shape index (κ1) is 15.4. The Morgan fingerprint density at radius 2 is 1.86 bits per heavy atom. The molecule has 22 heavy (non-hydrogen) atoms. The minimum atomic E-state index is -4.49. The Balaban J connectivity index is 2.53. The van der Waals surface area contributed by atoms with Gasteiger partial charge in [-0.15, -0.1) is 0 Å². The van der Waals surface area contributed by atoms with Gasteiger partial charge in [-0.25, -0.2) is 4.98 Å². The number of benzene rings is 1. The molecule has 0 unspecified atom stereocenters. The number of anilines is 2. The molecular formula is C13H10F3N5O. The maximum Gasteiger partial charge on any atom is 0.422 e. The van der Waals surface area contributed by atoms with Crippen LogP contribution in [0.15, 0.2) is 24.3 Å². The Labute approximate surface area is 123 Å². The topological polar surface area (TPSA) is 111 Å². The highest BCUT2D eigenvalue weighted by atomic mass is 19.4. The van der Waals surface area contributed by atoms with Crippen LogP contribution in [0.5, 0.6) is 5.75 Å². The second-order valence-electron chi connectivity index (χ2n) is 4.20. The normalized spacial score (nSPS) is 11.0. The van der Waals surface area contributed by atoms with Crippen molar-refractivity contribution in [2.45, 2.75) is 6.18 Å². The van der Waals surface area contributed by atoms with Gasteiger partial charge in [-0.05, 0) is 12.1 Å². The average molecular weight is 309 g/mol. The summed E-state index contributed by atoms with van der Waals surface area (Å²) in [6.07, 6.45) is -4.49. The van der Waals surface area contributed by atoms with Crippen molar-refractivity contribution in [2.24, 2.45) is 0 Å². The van der Waals surface area contributed by atoms with Gasteiger partial charge in [0.2, 0.25) is 5.95 Å². The van der Waals surface area contributed by atoms with E-state index in [2.05, 4.69) is 9.97 Å². The summed E-state index contributed by atoms with van der Waals surface area (Å²) >= 11 is 0. The van der Waals surface area contributed by atoms with Crippen molar-refractivity contribution in [2.75, 3.05) is 18.1 Å². The predicted molar refractivity (Wildman–Crippen MR) is 72.6 cm³/mol. The van der Waals surface area contributed by atoms with Gasteiger partial charge in [0.05, 0.1) is 5.69 Å². The van der Waals surface area contributed by atoms with Crippen LogP contribution in [0.25, 0.3) is 11.3 Å². The molecule has 6 nitrogen and oxygen atoms in total. The molecule has 1 aromatic heterocycles. The van der Waals surface area contributed by atoms with Crippen molar-refractivity contribution >= 4 is 11.8 Å². The summed E-state index contributed by atoms with van der Waals surface area (Å²) in [5.41, 5.74) is 11.2. The van der Waals surface area contributed by atoms with E-state index in [1.54, 1.807) is 12.1 Å². The summed E-state index contributed by atoms with van der Waals surface area (Å²) in [7, 11) is 0. The lowest BCUT2D eigenvalue weighted by Gasteiger charge is -2.14. The predicted octanol–water partition coefficient (Wildman–Crippen LogP) is 2.12. The number of para-hydroxylation sites is 1. The quantitative estimate of drug-likeness (QED) is 0.898. The van der Waals surface area contributed by atoms with Crippen LogP contribution in [0.3, 0.4) is 0 Å². The number of nitriles is 1. The zero-order chi connectivity index (χ0) is 16.3. The molecule has 0 aliphatic carbocycles. The van der Waals surface area contributed by atoms with Gasteiger partial charge in [-0.1, -0.05) is 12.1 Å². The first-order valence-corrected chi connectivity index (χ1v) is 5.94. The van der Waals surface area contributed by atoms with E-state index in [9.17, 15) is 13.2 Å². The number of alkyl halides is 3.